The Kier molecular flexibility index (Phi) is 6.01. The number of alkyl halides is 1. The molecule has 0 saturated carbocycles. The summed E-state index contributed by atoms with van der Waals surface area (Å²) in [6, 6.07) is 10.1. The third-order valence-electron chi connectivity index (χ3n) is 2.82. The first kappa shape index (κ1) is 14.9. The average Bonchev–Trinajstić information content (AvgIpc) is 2.38. The summed E-state index contributed by atoms with van der Waals surface area (Å²) in [4.78, 5) is 0. The molecule has 98 valence electrons. The van der Waals surface area contributed by atoms with Gasteiger partial charge in [0.25, 0.3) is 0 Å². The molecule has 0 saturated heterocycles. The maximum atomic E-state index is 8.89. The van der Waals surface area contributed by atoms with Gasteiger partial charge in [-0.05, 0) is 50.8 Å². The van der Waals surface area contributed by atoms with Gasteiger partial charge in [0.15, 0.2) is 0 Å². The van der Waals surface area contributed by atoms with Crippen molar-refractivity contribution in [3.63, 3.8) is 0 Å². The quantitative estimate of drug-likeness (QED) is 0.536. The summed E-state index contributed by atoms with van der Waals surface area (Å²) in [5.74, 6) is 1.38. The lowest BCUT2D eigenvalue weighted by molar-refractivity contribution is 0.295. The summed E-state index contributed by atoms with van der Waals surface area (Å²) in [7, 11) is 0. The van der Waals surface area contributed by atoms with Crippen LogP contribution >= 0.6 is 11.6 Å². The van der Waals surface area contributed by atoms with E-state index in [0.717, 1.165) is 30.6 Å². The Morgan fingerprint density at radius 2 is 2.11 bits per heavy atom. The van der Waals surface area contributed by atoms with Gasteiger partial charge in [0, 0.05) is 5.88 Å². The molecule has 0 aromatic heterocycles. The van der Waals surface area contributed by atoms with E-state index in [9.17, 15) is 0 Å². The van der Waals surface area contributed by atoms with Gasteiger partial charge in [-0.3, -0.25) is 0 Å². The van der Waals surface area contributed by atoms with Crippen molar-refractivity contribution < 1.29 is 4.74 Å². The highest BCUT2D eigenvalue weighted by Gasteiger charge is 2.15. The molecule has 3 heteroatoms. The molecule has 1 rings (SSSR count). The highest BCUT2D eigenvalue weighted by molar-refractivity contribution is 6.17. The minimum Gasteiger partial charge on any atom is -0.494 e. The van der Waals surface area contributed by atoms with Gasteiger partial charge < -0.3 is 4.74 Å². The molecule has 2 nitrogen and oxygen atoms in total. The molecule has 0 aliphatic carbocycles. The predicted octanol–water partition coefficient (Wildman–Crippen LogP) is 4.52. The summed E-state index contributed by atoms with van der Waals surface area (Å²) in [5, 5.41) is 8.89. The van der Waals surface area contributed by atoms with Crippen molar-refractivity contribution in [2.24, 2.45) is 5.41 Å². The van der Waals surface area contributed by atoms with E-state index in [4.69, 9.17) is 21.6 Å². The summed E-state index contributed by atoms with van der Waals surface area (Å²) in [5.41, 5.74) is 0.846. The third kappa shape index (κ3) is 5.42. The lowest BCUT2D eigenvalue weighted by Crippen LogP contribution is -2.08. The lowest BCUT2D eigenvalue weighted by atomic mass is 9.89. The lowest BCUT2D eigenvalue weighted by Gasteiger charge is -2.14. The Morgan fingerprint density at radius 3 is 2.78 bits per heavy atom. The second-order valence-electron chi connectivity index (χ2n) is 5.08. The number of ether oxygens (including phenoxy) is 1. The fraction of sp³-hybridized carbons (Fsp3) is 0.533. The normalized spacial score (nSPS) is 11.0. The highest BCUT2D eigenvalue weighted by Crippen LogP contribution is 2.22. The van der Waals surface area contributed by atoms with Crippen molar-refractivity contribution in [2.45, 2.75) is 39.0 Å². The summed E-state index contributed by atoms with van der Waals surface area (Å²) in [6.45, 7) is 4.63. The average molecular weight is 266 g/mol. The van der Waals surface area contributed by atoms with Crippen molar-refractivity contribution in [2.75, 3.05) is 6.61 Å². The standard InChI is InChI=1S/C15H20ClNO/c1-15(2,12-17)8-3-4-9-18-14-7-5-6-13(10-14)11-16/h5-7,10H,3-4,8-9,11H2,1-2H3. The molecule has 18 heavy (non-hydrogen) atoms. The number of unbranched alkanes of at least 4 members (excludes halogenated alkanes) is 1. The van der Waals surface area contributed by atoms with Crippen LogP contribution in [0.2, 0.25) is 0 Å². The predicted molar refractivity (Wildman–Crippen MR) is 74.7 cm³/mol. The molecule has 0 heterocycles. The van der Waals surface area contributed by atoms with Gasteiger partial charge in [-0.15, -0.1) is 11.6 Å². The minimum absolute atomic E-state index is 0.224. The molecule has 0 amide bonds. The van der Waals surface area contributed by atoms with Crippen LogP contribution in [0, 0.1) is 16.7 Å². The molecule has 0 spiro atoms. The number of nitrogens with zero attached hydrogens (tertiary/aromatic N) is 1. The van der Waals surface area contributed by atoms with Crippen LogP contribution in [0.15, 0.2) is 24.3 Å². The van der Waals surface area contributed by atoms with E-state index in [1.165, 1.54) is 0 Å². The Bertz CT molecular complexity index is 409. The molecular weight excluding hydrogens is 246 g/mol. The van der Waals surface area contributed by atoms with Crippen LogP contribution in [0.3, 0.4) is 0 Å². The fourth-order valence-corrected chi connectivity index (χ4v) is 1.80. The molecule has 0 aliphatic heterocycles. The van der Waals surface area contributed by atoms with Gasteiger partial charge in [0.05, 0.1) is 18.1 Å². The molecule has 0 aliphatic rings. The smallest absolute Gasteiger partial charge is 0.119 e. The van der Waals surface area contributed by atoms with Crippen LogP contribution in [-0.4, -0.2) is 6.61 Å². The molecule has 0 fully saturated rings. The van der Waals surface area contributed by atoms with Crippen LogP contribution in [-0.2, 0) is 5.88 Å². The zero-order valence-corrected chi connectivity index (χ0v) is 11.8. The summed E-state index contributed by atoms with van der Waals surface area (Å²) >= 11 is 5.76. The zero-order valence-electron chi connectivity index (χ0n) is 11.1. The second kappa shape index (κ2) is 7.28. The third-order valence-corrected chi connectivity index (χ3v) is 3.13. The van der Waals surface area contributed by atoms with Crippen LogP contribution in [0.1, 0.15) is 38.7 Å². The van der Waals surface area contributed by atoms with Gasteiger partial charge in [0.2, 0.25) is 0 Å². The molecule has 1 aromatic rings. The van der Waals surface area contributed by atoms with Crippen molar-refractivity contribution in [1.82, 2.24) is 0 Å². The molecule has 0 bridgehead atoms. The van der Waals surface area contributed by atoms with E-state index in [1.54, 1.807) is 0 Å². The molecule has 1 aromatic carbocycles. The summed E-state index contributed by atoms with van der Waals surface area (Å²) in [6.07, 6.45) is 2.89. The highest BCUT2D eigenvalue weighted by atomic mass is 35.5. The van der Waals surface area contributed by atoms with Crippen LogP contribution in [0.5, 0.6) is 5.75 Å². The molecule has 0 radical (unpaired) electrons. The largest absolute Gasteiger partial charge is 0.494 e. The van der Waals surface area contributed by atoms with Crippen LogP contribution < -0.4 is 4.74 Å². The molecule has 0 atom stereocenters. The first-order valence-corrected chi connectivity index (χ1v) is 6.80. The van der Waals surface area contributed by atoms with Crippen molar-refractivity contribution in [1.29, 1.82) is 5.26 Å². The van der Waals surface area contributed by atoms with E-state index in [0.29, 0.717) is 12.5 Å². The van der Waals surface area contributed by atoms with E-state index < -0.39 is 0 Å². The topological polar surface area (TPSA) is 33.0 Å². The summed E-state index contributed by atoms with van der Waals surface area (Å²) < 4.78 is 5.66. The number of halogens is 1. The molecule has 0 N–H and O–H groups in total. The van der Waals surface area contributed by atoms with Crippen molar-refractivity contribution in [3.05, 3.63) is 29.8 Å². The van der Waals surface area contributed by atoms with E-state index >= 15 is 0 Å². The first-order valence-electron chi connectivity index (χ1n) is 6.26. The van der Waals surface area contributed by atoms with Crippen LogP contribution in [0.25, 0.3) is 0 Å². The maximum Gasteiger partial charge on any atom is 0.119 e. The Balaban J connectivity index is 2.24. The van der Waals surface area contributed by atoms with Gasteiger partial charge in [-0.1, -0.05) is 12.1 Å². The van der Waals surface area contributed by atoms with E-state index in [1.807, 2.05) is 38.1 Å². The van der Waals surface area contributed by atoms with Crippen molar-refractivity contribution in [3.8, 4) is 11.8 Å². The van der Waals surface area contributed by atoms with Gasteiger partial charge in [0.1, 0.15) is 5.75 Å². The maximum absolute atomic E-state index is 8.89. The molecular formula is C15H20ClNO. The van der Waals surface area contributed by atoms with Gasteiger partial charge in [-0.2, -0.15) is 5.26 Å². The number of hydrogen-bond acceptors (Lipinski definition) is 2. The zero-order chi connectivity index (χ0) is 13.4. The minimum atomic E-state index is -0.224. The van der Waals surface area contributed by atoms with E-state index in [2.05, 4.69) is 6.07 Å². The van der Waals surface area contributed by atoms with E-state index in [-0.39, 0.29) is 5.41 Å². The van der Waals surface area contributed by atoms with Crippen molar-refractivity contribution >= 4 is 11.6 Å². The van der Waals surface area contributed by atoms with Crippen LogP contribution in [0.4, 0.5) is 0 Å². The number of nitriles is 1. The monoisotopic (exact) mass is 265 g/mol. The first-order chi connectivity index (χ1) is 8.57. The van der Waals surface area contributed by atoms with Gasteiger partial charge >= 0.3 is 0 Å². The number of hydrogen-bond donors (Lipinski definition) is 0. The second-order valence-corrected chi connectivity index (χ2v) is 5.35. The fourth-order valence-electron chi connectivity index (χ4n) is 1.63. The number of benzene rings is 1. The Morgan fingerprint density at radius 1 is 1.33 bits per heavy atom. The Labute approximate surface area is 115 Å². The molecule has 0 unspecified atom stereocenters. The Hall–Kier alpha value is -1.20. The SMILES string of the molecule is CC(C)(C#N)CCCCOc1cccc(CCl)c1. The number of rotatable bonds is 7. The van der Waals surface area contributed by atoms with Gasteiger partial charge in [-0.25, -0.2) is 0 Å².